The number of hydrogen-bond donors (Lipinski definition) is 1. The fourth-order valence-electron chi connectivity index (χ4n) is 2.76. The third-order valence-electron chi connectivity index (χ3n) is 3.96. The summed E-state index contributed by atoms with van der Waals surface area (Å²) in [6.45, 7) is 5.27. The number of aryl methyl sites for hydroxylation is 1. The van der Waals surface area contributed by atoms with Gasteiger partial charge in [-0.1, -0.05) is 11.6 Å². The van der Waals surface area contributed by atoms with Crippen molar-refractivity contribution < 1.29 is 0 Å². The van der Waals surface area contributed by atoms with Crippen LogP contribution in [0.3, 0.4) is 0 Å². The molecule has 1 aliphatic rings. The van der Waals surface area contributed by atoms with Crippen LogP contribution >= 0.6 is 11.6 Å². The van der Waals surface area contributed by atoms with Gasteiger partial charge in [-0.05, 0) is 32.0 Å². The van der Waals surface area contributed by atoms with Crippen molar-refractivity contribution in [2.75, 3.05) is 40.3 Å². The number of likely N-dealkylation sites (tertiary alicyclic amines) is 1. The number of nitrogens with one attached hydrogen (secondary N) is 1. The molecule has 2 heterocycles. The van der Waals surface area contributed by atoms with Gasteiger partial charge in [-0.2, -0.15) is 0 Å². The van der Waals surface area contributed by atoms with Gasteiger partial charge in [0, 0.05) is 46.1 Å². The van der Waals surface area contributed by atoms with Crippen molar-refractivity contribution in [1.29, 1.82) is 0 Å². The fraction of sp³-hybridized carbons (Fsp3) is 0.667. The highest BCUT2D eigenvalue weighted by Crippen LogP contribution is 2.14. The molecule has 5 nitrogen and oxygen atoms in total. The smallest absolute Gasteiger partial charge is 0.193 e. The molecule has 21 heavy (non-hydrogen) atoms. The second-order valence-electron chi connectivity index (χ2n) is 5.64. The maximum absolute atomic E-state index is 6.03. The van der Waals surface area contributed by atoms with Crippen LogP contribution in [0.4, 0.5) is 0 Å². The molecule has 1 aromatic rings. The molecule has 1 saturated heterocycles. The zero-order valence-corrected chi connectivity index (χ0v) is 14.0. The Kier molecular flexibility index (Phi) is 5.94. The number of nitrogens with zero attached hydrogens (tertiary/aromatic N) is 4. The van der Waals surface area contributed by atoms with Gasteiger partial charge in [0.25, 0.3) is 0 Å². The number of hydrogen-bond acceptors (Lipinski definition) is 2. The molecule has 0 aromatic carbocycles. The lowest BCUT2D eigenvalue weighted by Crippen LogP contribution is -2.42. The highest BCUT2D eigenvalue weighted by Gasteiger charge is 2.12. The van der Waals surface area contributed by atoms with Crippen molar-refractivity contribution in [1.82, 2.24) is 19.7 Å². The Bertz CT molecular complexity index is 476. The first-order chi connectivity index (χ1) is 10.1. The second kappa shape index (κ2) is 7.71. The molecule has 0 spiro atoms. The van der Waals surface area contributed by atoms with E-state index in [1.54, 1.807) is 0 Å². The Hall–Kier alpha value is -1.20. The van der Waals surface area contributed by atoms with Gasteiger partial charge in [0.1, 0.15) is 0 Å². The van der Waals surface area contributed by atoms with Gasteiger partial charge in [0.15, 0.2) is 5.96 Å². The van der Waals surface area contributed by atoms with E-state index in [-0.39, 0.29) is 0 Å². The van der Waals surface area contributed by atoms with Crippen molar-refractivity contribution in [3.8, 4) is 0 Å². The summed E-state index contributed by atoms with van der Waals surface area (Å²) in [5.41, 5.74) is 1.17. The minimum atomic E-state index is 0.776. The van der Waals surface area contributed by atoms with E-state index >= 15 is 0 Å². The molecule has 1 N–H and O–H groups in total. The molecule has 0 unspecified atom stereocenters. The first-order valence-electron chi connectivity index (χ1n) is 7.55. The van der Waals surface area contributed by atoms with Gasteiger partial charge < -0.3 is 19.7 Å². The second-order valence-corrected chi connectivity index (χ2v) is 6.08. The average molecular weight is 312 g/mol. The zero-order chi connectivity index (χ0) is 15.2. The van der Waals surface area contributed by atoms with Gasteiger partial charge in [0.05, 0.1) is 11.6 Å². The van der Waals surface area contributed by atoms with Crippen LogP contribution in [-0.4, -0.2) is 60.6 Å². The van der Waals surface area contributed by atoms with E-state index in [0.29, 0.717) is 0 Å². The quantitative estimate of drug-likeness (QED) is 0.665. The van der Waals surface area contributed by atoms with E-state index in [1.165, 1.54) is 31.6 Å². The van der Waals surface area contributed by atoms with Crippen LogP contribution in [0.15, 0.2) is 17.3 Å². The summed E-state index contributed by atoms with van der Waals surface area (Å²) < 4.78 is 2.05. The summed E-state index contributed by atoms with van der Waals surface area (Å²) in [5.74, 6) is 0.923. The van der Waals surface area contributed by atoms with E-state index < -0.39 is 0 Å². The normalized spacial score (nSPS) is 16.5. The van der Waals surface area contributed by atoms with Crippen molar-refractivity contribution in [3.63, 3.8) is 0 Å². The molecule has 0 aliphatic carbocycles. The average Bonchev–Trinajstić information content (AvgIpc) is 3.05. The number of rotatable bonds is 5. The Labute approximate surface area is 132 Å². The minimum absolute atomic E-state index is 0.776. The van der Waals surface area contributed by atoms with Crippen LogP contribution in [0.1, 0.15) is 18.5 Å². The summed E-state index contributed by atoms with van der Waals surface area (Å²) in [4.78, 5) is 8.97. The number of halogens is 1. The standard InChI is InChI=1S/C15H26ClN5/c1-17-15(18-6-9-21-7-4-5-8-21)20(3)12-14-10-13(16)11-19(14)2/h10-11H,4-9,12H2,1-3H3,(H,17,18). The van der Waals surface area contributed by atoms with Gasteiger partial charge >= 0.3 is 0 Å². The molecule has 1 fully saturated rings. The minimum Gasteiger partial charge on any atom is -0.355 e. The topological polar surface area (TPSA) is 35.8 Å². The lowest BCUT2D eigenvalue weighted by Gasteiger charge is -2.23. The molecule has 1 aliphatic heterocycles. The Morgan fingerprint density at radius 1 is 1.43 bits per heavy atom. The molecule has 0 bridgehead atoms. The Balaban J connectivity index is 1.80. The van der Waals surface area contributed by atoms with E-state index in [0.717, 1.165) is 30.6 Å². The maximum atomic E-state index is 6.03. The zero-order valence-electron chi connectivity index (χ0n) is 13.3. The monoisotopic (exact) mass is 311 g/mol. The van der Waals surface area contributed by atoms with E-state index in [9.17, 15) is 0 Å². The van der Waals surface area contributed by atoms with Crippen molar-refractivity contribution in [3.05, 3.63) is 23.0 Å². The lowest BCUT2D eigenvalue weighted by molar-refractivity contribution is 0.340. The lowest BCUT2D eigenvalue weighted by atomic mass is 10.4. The molecule has 6 heteroatoms. The summed E-state index contributed by atoms with van der Waals surface area (Å²) in [6, 6.07) is 2.00. The molecule has 0 atom stereocenters. The Morgan fingerprint density at radius 2 is 2.14 bits per heavy atom. The van der Waals surface area contributed by atoms with Crippen molar-refractivity contribution >= 4 is 17.6 Å². The van der Waals surface area contributed by atoms with Gasteiger partial charge in [-0.15, -0.1) is 0 Å². The third kappa shape index (κ3) is 4.64. The molecule has 2 rings (SSSR count). The molecule has 118 valence electrons. The highest BCUT2D eigenvalue weighted by atomic mass is 35.5. The van der Waals surface area contributed by atoms with E-state index in [1.807, 2.05) is 33.4 Å². The molecular weight excluding hydrogens is 286 g/mol. The number of guanidine groups is 1. The molecule has 1 aromatic heterocycles. The van der Waals surface area contributed by atoms with Crippen LogP contribution in [0.2, 0.25) is 5.02 Å². The summed E-state index contributed by atoms with van der Waals surface area (Å²) >= 11 is 6.03. The van der Waals surface area contributed by atoms with Crippen LogP contribution in [0, 0.1) is 0 Å². The first-order valence-corrected chi connectivity index (χ1v) is 7.93. The van der Waals surface area contributed by atoms with Crippen LogP contribution in [-0.2, 0) is 13.6 Å². The molecule has 0 saturated carbocycles. The summed E-state index contributed by atoms with van der Waals surface area (Å²) in [5, 5.41) is 4.21. The SMILES string of the molecule is CN=C(NCCN1CCCC1)N(C)Cc1cc(Cl)cn1C. The predicted octanol–water partition coefficient (Wildman–Crippen LogP) is 1.78. The Morgan fingerprint density at radius 3 is 2.71 bits per heavy atom. The summed E-state index contributed by atoms with van der Waals surface area (Å²) in [7, 11) is 5.89. The molecule has 0 radical (unpaired) electrons. The third-order valence-corrected chi connectivity index (χ3v) is 4.16. The van der Waals surface area contributed by atoms with E-state index in [4.69, 9.17) is 11.6 Å². The predicted molar refractivity (Wildman–Crippen MR) is 88.9 cm³/mol. The van der Waals surface area contributed by atoms with Crippen LogP contribution in [0.25, 0.3) is 0 Å². The van der Waals surface area contributed by atoms with Gasteiger partial charge in [-0.25, -0.2) is 0 Å². The largest absolute Gasteiger partial charge is 0.355 e. The van der Waals surface area contributed by atoms with Gasteiger partial charge in [0.2, 0.25) is 0 Å². The van der Waals surface area contributed by atoms with Crippen LogP contribution < -0.4 is 5.32 Å². The summed E-state index contributed by atoms with van der Waals surface area (Å²) in [6.07, 6.45) is 4.60. The maximum Gasteiger partial charge on any atom is 0.193 e. The van der Waals surface area contributed by atoms with Crippen LogP contribution in [0.5, 0.6) is 0 Å². The molecular formula is C15H26ClN5. The van der Waals surface area contributed by atoms with Crippen molar-refractivity contribution in [2.45, 2.75) is 19.4 Å². The van der Waals surface area contributed by atoms with Crippen molar-refractivity contribution in [2.24, 2.45) is 12.0 Å². The number of aliphatic imine (C=N–C) groups is 1. The molecule has 0 amide bonds. The fourth-order valence-corrected chi connectivity index (χ4v) is 3.03. The van der Waals surface area contributed by atoms with Gasteiger partial charge in [-0.3, -0.25) is 4.99 Å². The number of aromatic nitrogens is 1. The highest BCUT2D eigenvalue weighted by molar-refractivity contribution is 6.30. The van der Waals surface area contributed by atoms with E-state index in [2.05, 4.69) is 24.7 Å². The first kappa shape index (κ1) is 16.2.